The van der Waals surface area contributed by atoms with Crippen molar-refractivity contribution in [2.45, 2.75) is 46.0 Å². The van der Waals surface area contributed by atoms with E-state index < -0.39 is 0 Å². The number of hydrogen-bond donors (Lipinski definition) is 1. The standard InChI is InChI=1S/C11H23N.CN/c1-3-5-8-12-9-7-11(10-12)6-4-2;1-2/h11H,3-10H2,1-2H3;/q;-1/p+1. The van der Waals surface area contributed by atoms with Crippen LogP contribution in [0.4, 0.5) is 0 Å². The summed E-state index contributed by atoms with van der Waals surface area (Å²) in [6.07, 6.45) is 7.13. The summed E-state index contributed by atoms with van der Waals surface area (Å²) < 4.78 is 0. The van der Waals surface area contributed by atoms with Crippen LogP contribution in [-0.4, -0.2) is 19.6 Å². The monoisotopic (exact) mass is 196 g/mol. The van der Waals surface area contributed by atoms with Gasteiger partial charge in [0, 0.05) is 12.3 Å². The lowest BCUT2D eigenvalue weighted by molar-refractivity contribution is -0.889. The summed E-state index contributed by atoms with van der Waals surface area (Å²) in [7, 11) is 0. The van der Waals surface area contributed by atoms with Crippen molar-refractivity contribution in [2.24, 2.45) is 5.92 Å². The summed E-state index contributed by atoms with van der Waals surface area (Å²) >= 11 is 0. The van der Waals surface area contributed by atoms with Gasteiger partial charge < -0.3 is 16.7 Å². The van der Waals surface area contributed by atoms with Crippen molar-refractivity contribution in [1.29, 1.82) is 5.26 Å². The second-order valence-electron chi connectivity index (χ2n) is 4.25. The van der Waals surface area contributed by atoms with Crippen molar-refractivity contribution >= 4 is 0 Å². The van der Waals surface area contributed by atoms with Crippen molar-refractivity contribution < 1.29 is 4.90 Å². The van der Waals surface area contributed by atoms with Gasteiger partial charge in [0.25, 0.3) is 0 Å². The molecule has 0 spiro atoms. The van der Waals surface area contributed by atoms with E-state index in [1.807, 2.05) is 4.90 Å². The largest absolute Gasteiger partial charge is 0.512 e. The van der Waals surface area contributed by atoms with Crippen molar-refractivity contribution in [2.75, 3.05) is 19.6 Å². The molecule has 0 saturated carbocycles. The third kappa shape index (κ3) is 5.24. The predicted octanol–water partition coefficient (Wildman–Crippen LogP) is 1.59. The Kier molecular flexibility index (Phi) is 8.67. The number of hydrogen-bond acceptors (Lipinski definition) is 1. The number of nitrogens with zero attached hydrogens (tertiary/aromatic N) is 1. The van der Waals surface area contributed by atoms with Crippen molar-refractivity contribution in [3.8, 4) is 0 Å². The molecule has 82 valence electrons. The van der Waals surface area contributed by atoms with Crippen LogP contribution in [0.3, 0.4) is 0 Å². The normalized spacial score (nSPS) is 25.4. The van der Waals surface area contributed by atoms with Crippen LogP contribution in [0.1, 0.15) is 46.0 Å². The van der Waals surface area contributed by atoms with E-state index in [0.29, 0.717) is 0 Å². The van der Waals surface area contributed by atoms with Crippen molar-refractivity contribution in [3.05, 3.63) is 6.57 Å². The lowest BCUT2D eigenvalue weighted by atomic mass is 10.0. The van der Waals surface area contributed by atoms with Crippen molar-refractivity contribution in [3.63, 3.8) is 0 Å². The SMILES string of the molecule is CCCC[NH+]1CCC(CCC)C1.[C-]#N. The van der Waals surface area contributed by atoms with Crippen LogP contribution >= 0.6 is 0 Å². The van der Waals surface area contributed by atoms with E-state index in [9.17, 15) is 0 Å². The highest BCUT2D eigenvalue weighted by Crippen LogP contribution is 2.10. The molecule has 1 saturated heterocycles. The average Bonchev–Trinajstić information content (AvgIpc) is 2.66. The lowest BCUT2D eigenvalue weighted by Crippen LogP contribution is -3.10. The van der Waals surface area contributed by atoms with E-state index in [4.69, 9.17) is 11.8 Å². The highest BCUT2D eigenvalue weighted by molar-refractivity contribution is 4.61. The third-order valence-electron chi connectivity index (χ3n) is 3.06. The highest BCUT2D eigenvalue weighted by atomic mass is 15.1. The Labute approximate surface area is 88.9 Å². The van der Waals surface area contributed by atoms with Gasteiger partial charge in [0.2, 0.25) is 0 Å². The van der Waals surface area contributed by atoms with Crippen LogP contribution in [0, 0.1) is 17.8 Å². The lowest BCUT2D eigenvalue weighted by Gasteiger charge is -2.12. The number of unbranched alkanes of at least 4 members (excludes halogenated alkanes) is 1. The summed E-state index contributed by atoms with van der Waals surface area (Å²) in [5.41, 5.74) is 0. The van der Waals surface area contributed by atoms with Gasteiger partial charge in [0.05, 0.1) is 19.6 Å². The first-order chi connectivity index (χ1) is 6.86. The Balaban J connectivity index is 0.000000791. The summed E-state index contributed by atoms with van der Waals surface area (Å²) in [5, 5.41) is 6.25. The fraction of sp³-hybridized carbons (Fsp3) is 0.917. The molecule has 2 atom stereocenters. The highest BCUT2D eigenvalue weighted by Gasteiger charge is 2.24. The molecular weight excluding hydrogens is 172 g/mol. The molecule has 1 rings (SSSR count). The molecule has 0 radical (unpaired) electrons. The predicted molar refractivity (Wildman–Crippen MR) is 58.5 cm³/mol. The fourth-order valence-electron chi connectivity index (χ4n) is 2.33. The van der Waals surface area contributed by atoms with Gasteiger partial charge in [-0.1, -0.05) is 26.7 Å². The summed E-state index contributed by atoms with van der Waals surface area (Å²) in [6.45, 7) is 13.7. The maximum Gasteiger partial charge on any atom is 0.0801 e. The van der Waals surface area contributed by atoms with Gasteiger partial charge in [-0.2, -0.15) is 0 Å². The van der Waals surface area contributed by atoms with Gasteiger partial charge >= 0.3 is 0 Å². The van der Waals surface area contributed by atoms with Crippen LogP contribution in [0.15, 0.2) is 0 Å². The smallest absolute Gasteiger partial charge is 0.0801 e. The van der Waals surface area contributed by atoms with E-state index >= 15 is 0 Å². The topological polar surface area (TPSA) is 28.2 Å². The Hall–Kier alpha value is -0.550. The van der Waals surface area contributed by atoms with Gasteiger partial charge in [-0.05, 0) is 12.8 Å². The number of likely N-dealkylation sites (tertiary alicyclic amines) is 1. The van der Waals surface area contributed by atoms with Gasteiger partial charge in [-0.3, -0.25) is 0 Å². The third-order valence-corrected chi connectivity index (χ3v) is 3.06. The molecule has 0 aromatic carbocycles. The van der Waals surface area contributed by atoms with Crippen LogP contribution in [0.25, 0.3) is 0 Å². The molecule has 0 amide bonds. The second kappa shape index (κ2) is 9.02. The van der Waals surface area contributed by atoms with Crippen molar-refractivity contribution in [1.82, 2.24) is 0 Å². The van der Waals surface area contributed by atoms with Crippen LogP contribution < -0.4 is 4.90 Å². The molecule has 1 fully saturated rings. The van der Waals surface area contributed by atoms with E-state index in [1.54, 1.807) is 0 Å². The molecule has 14 heavy (non-hydrogen) atoms. The first-order valence-electron chi connectivity index (χ1n) is 5.92. The zero-order valence-electron chi connectivity index (χ0n) is 9.68. The first-order valence-corrected chi connectivity index (χ1v) is 5.92. The molecule has 1 aliphatic heterocycles. The molecule has 0 bridgehead atoms. The molecule has 1 heterocycles. The Morgan fingerprint density at radius 1 is 1.29 bits per heavy atom. The zero-order valence-corrected chi connectivity index (χ0v) is 9.68. The molecule has 0 aromatic rings. The first kappa shape index (κ1) is 13.4. The fourth-order valence-corrected chi connectivity index (χ4v) is 2.33. The summed E-state index contributed by atoms with van der Waals surface area (Å²) in [4.78, 5) is 1.87. The van der Waals surface area contributed by atoms with E-state index in [2.05, 4.69) is 13.8 Å². The number of rotatable bonds is 5. The van der Waals surface area contributed by atoms with Crippen LogP contribution in [0.2, 0.25) is 0 Å². The second-order valence-corrected chi connectivity index (χ2v) is 4.25. The molecule has 0 aromatic heterocycles. The maximum atomic E-state index is 6.25. The zero-order chi connectivity index (χ0) is 10.8. The van der Waals surface area contributed by atoms with E-state index in [0.717, 1.165) is 5.92 Å². The summed E-state index contributed by atoms with van der Waals surface area (Å²) in [5.74, 6) is 1.06. The number of quaternary nitrogens is 1. The molecular formula is C12H24N2. The van der Waals surface area contributed by atoms with Crippen LogP contribution in [0.5, 0.6) is 0 Å². The quantitative estimate of drug-likeness (QED) is 0.665. The number of nitrogens with one attached hydrogen (secondary N) is 1. The minimum Gasteiger partial charge on any atom is -0.512 e. The maximum absolute atomic E-state index is 6.25. The average molecular weight is 196 g/mol. The molecule has 1 N–H and O–H groups in total. The minimum absolute atomic E-state index is 1.06. The van der Waals surface area contributed by atoms with E-state index in [1.165, 1.54) is 51.7 Å². The van der Waals surface area contributed by atoms with Crippen LogP contribution in [-0.2, 0) is 0 Å². The molecule has 2 unspecified atom stereocenters. The minimum atomic E-state index is 1.06. The van der Waals surface area contributed by atoms with Gasteiger partial charge in [-0.15, -0.1) is 0 Å². The Morgan fingerprint density at radius 2 is 2.00 bits per heavy atom. The molecule has 1 aliphatic rings. The van der Waals surface area contributed by atoms with Gasteiger partial charge in [0.1, 0.15) is 0 Å². The molecule has 2 heteroatoms. The van der Waals surface area contributed by atoms with Gasteiger partial charge in [-0.25, -0.2) is 0 Å². The Bertz CT molecular complexity index is 143. The Morgan fingerprint density at radius 3 is 2.57 bits per heavy atom. The molecule has 0 aliphatic carbocycles. The summed E-state index contributed by atoms with van der Waals surface area (Å²) in [6, 6.07) is 0. The van der Waals surface area contributed by atoms with E-state index in [-0.39, 0.29) is 0 Å². The van der Waals surface area contributed by atoms with Gasteiger partial charge in [0.15, 0.2) is 0 Å². The molecule has 2 nitrogen and oxygen atoms in total.